The SMILES string of the molecule is COc1ccc(CN(C(=O)Cc2c[nH]c3ccccc23)[C@@H](C(=O)NC2CCCCC2)c2ccccc2F)cc1. The number of aromatic amines is 1. The lowest BCUT2D eigenvalue weighted by atomic mass is 9.94. The van der Waals surface area contributed by atoms with Gasteiger partial charge < -0.3 is 19.9 Å². The summed E-state index contributed by atoms with van der Waals surface area (Å²) >= 11 is 0. The van der Waals surface area contributed by atoms with Crippen molar-refractivity contribution in [1.82, 2.24) is 15.2 Å². The average molecular weight is 528 g/mol. The highest BCUT2D eigenvalue weighted by molar-refractivity contribution is 5.92. The van der Waals surface area contributed by atoms with E-state index in [1.54, 1.807) is 25.3 Å². The Bertz CT molecular complexity index is 1430. The molecule has 7 heteroatoms. The maximum Gasteiger partial charge on any atom is 0.247 e. The average Bonchev–Trinajstić information content (AvgIpc) is 3.37. The van der Waals surface area contributed by atoms with E-state index in [9.17, 15) is 9.59 Å². The van der Waals surface area contributed by atoms with E-state index in [0.717, 1.165) is 54.1 Å². The molecule has 6 nitrogen and oxygen atoms in total. The fourth-order valence-corrected chi connectivity index (χ4v) is 5.47. The molecular formula is C32H34FN3O3. The number of rotatable bonds is 9. The predicted molar refractivity (Wildman–Crippen MR) is 150 cm³/mol. The van der Waals surface area contributed by atoms with Crippen molar-refractivity contribution < 1.29 is 18.7 Å². The third-order valence-electron chi connectivity index (χ3n) is 7.56. The lowest BCUT2D eigenvalue weighted by Crippen LogP contribution is -2.47. The molecular weight excluding hydrogens is 493 g/mol. The lowest BCUT2D eigenvalue weighted by molar-refractivity contribution is -0.141. The maximum atomic E-state index is 15.3. The lowest BCUT2D eigenvalue weighted by Gasteiger charge is -2.34. The monoisotopic (exact) mass is 527 g/mol. The van der Waals surface area contributed by atoms with Crippen molar-refractivity contribution in [2.24, 2.45) is 0 Å². The molecule has 1 aliphatic carbocycles. The molecule has 5 rings (SSSR count). The molecule has 202 valence electrons. The second-order valence-corrected chi connectivity index (χ2v) is 10.2. The molecule has 0 radical (unpaired) electrons. The van der Waals surface area contributed by atoms with E-state index in [4.69, 9.17) is 4.74 Å². The largest absolute Gasteiger partial charge is 0.497 e. The zero-order valence-electron chi connectivity index (χ0n) is 22.2. The number of fused-ring (bicyclic) bond motifs is 1. The minimum atomic E-state index is -1.12. The van der Waals surface area contributed by atoms with Crippen molar-refractivity contribution >= 4 is 22.7 Å². The highest BCUT2D eigenvalue weighted by Gasteiger charge is 2.35. The Morgan fingerprint density at radius 3 is 2.46 bits per heavy atom. The number of hydrogen-bond acceptors (Lipinski definition) is 3. The van der Waals surface area contributed by atoms with Crippen LogP contribution in [-0.2, 0) is 22.6 Å². The van der Waals surface area contributed by atoms with E-state index < -0.39 is 11.9 Å². The number of carbonyl (C=O) groups is 2. The number of hydrogen-bond donors (Lipinski definition) is 2. The zero-order valence-corrected chi connectivity index (χ0v) is 22.2. The molecule has 0 saturated heterocycles. The molecule has 1 saturated carbocycles. The Hall–Kier alpha value is -4.13. The van der Waals surface area contributed by atoms with Crippen LogP contribution < -0.4 is 10.1 Å². The summed E-state index contributed by atoms with van der Waals surface area (Å²) in [5, 5.41) is 4.10. The third-order valence-corrected chi connectivity index (χ3v) is 7.56. The van der Waals surface area contributed by atoms with Crippen LogP contribution in [0.2, 0.25) is 0 Å². The summed E-state index contributed by atoms with van der Waals surface area (Å²) in [6, 6.07) is 20.3. The van der Waals surface area contributed by atoms with Gasteiger partial charge in [-0.1, -0.05) is 67.8 Å². The van der Waals surface area contributed by atoms with E-state index >= 15 is 4.39 Å². The number of H-pyrrole nitrogens is 1. The molecule has 3 aromatic carbocycles. The van der Waals surface area contributed by atoms with Gasteiger partial charge in [-0.2, -0.15) is 0 Å². The number of aromatic nitrogens is 1. The Morgan fingerprint density at radius 1 is 1.00 bits per heavy atom. The highest BCUT2D eigenvalue weighted by Crippen LogP contribution is 2.29. The zero-order chi connectivity index (χ0) is 27.2. The molecule has 1 aliphatic rings. The number of amides is 2. The Morgan fingerprint density at radius 2 is 1.72 bits per heavy atom. The smallest absolute Gasteiger partial charge is 0.247 e. The third kappa shape index (κ3) is 6.14. The number of nitrogens with zero attached hydrogens (tertiary/aromatic N) is 1. The molecule has 1 aromatic heterocycles. The number of nitrogens with one attached hydrogen (secondary N) is 2. The van der Waals surface area contributed by atoms with E-state index in [1.165, 1.54) is 11.0 Å². The van der Waals surface area contributed by atoms with Crippen LogP contribution in [0.4, 0.5) is 4.39 Å². The van der Waals surface area contributed by atoms with Crippen molar-refractivity contribution in [1.29, 1.82) is 0 Å². The summed E-state index contributed by atoms with van der Waals surface area (Å²) in [6.45, 7) is 0.141. The molecule has 2 amide bonds. The van der Waals surface area contributed by atoms with E-state index in [0.29, 0.717) is 5.75 Å². The van der Waals surface area contributed by atoms with Crippen molar-refractivity contribution in [2.45, 2.75) is 57.2 Å². The molecule has 0 bridgehead atoms. The van der Waals surface area contributed by atoms with E-state index in [1.807, 2.05) is 54.7 Å². The van der Waals surface area contributed by atoms with Gasteiger partial charge in [0, 0.05) is 35.2 Å². The minimum Gasteiger partial charge on any atom is -0.497 e. The quantitative estimate of drug-likeness (QED) is 0.277. The molecule has 39 heavy (non-hydrogen) atoms. The van der Waals surface area contributed by atoms with Crippen LogP contribution in [0, 0.1) is 5.82 Å². The van der Waals surface area contributed by atoms with Crippen molar-refractivity contribution in [2.75, 3.05) is 7.11 Å². The van der Waals surface area contributed by atoms with Crippen LogP contribution in [0.1, 0.15) is 54.8 Å². The number of methoxy groups -OCH3 is 1. The molecule has 4 aromatic rings. The van der Waals surface area contributed by atoms with E-state index in [2.05, 4.69) is 10.3 Å². The molecule has 0 aliphatic heterocycles. The Labute approximate surface area is 228 Å². The first-order chi connectivity index (χ1) is 19.0. The van der Waals surface area contributed by atoms with Crippen LogP contribution in [0.15, 0.2) is 79.0 Å². The normalized spacial score (nSPS) is 14.6. The fraction of sp³-hybridized carbons (Fsp3) is 0.312. The predicted octanol–water partition coefficient (Wildman–Crippen LogP) is 6.08. The van der Waals surface area contributed by atoms with Gasteiger partial charge in [-0.3, -0.25) is 9.59 Å². The van der Waals surface area contributed by atoms with Gasteiger partial charge in [0.2, 0.25) is 11.8 Å². The van der Waals surface area contributed by atoms with Gasteiger partial charge in [0.05, 0.1) is 13.5 Å². The van der Waals surface area contributed by atoms with Crippen LogP contribution in [0.3, 0.4) is 0 Å². The van der Waals surface area contributed by atoms with Gasteiger partial charge >= 0.3 is 0 Å². The Kier molecular flexibility index (Phi) is 8.25. The summed E-state index contributed by atoms with van der Waals surface area (Å²) < 4.78 is 20.6. The van der Waals surface area contributed by atoms with Gasteiger partial charge in [0.1, 0.15) is 17.6 Å². The first kappa shape index (κ1) is 26.5. The molecule has 1 fully saturated rings. The Balaban J connectivity index is 1.52. The summed E-state index contributed by atoms with van der Waals surface area (Å²) in [5.41, 5.74) is 2.76. The van der Waals surface area contributed by atoms with Crippen LogP contribution in [-0.4, -0.2) is 34.8 Å². The van der Waals surface area contributed by atoms with Gasteiger partial charge in [-0.15, -0.1) is 0 Å². The number of benzene rings is 3. The van der Waals surface area contributed by atoms with Crippen molar-refractivity contribution in [3.05, 3.63) is 102 Å². The number of carbonyl (C=O) groups excluding carboxylic acids is 2. The second-order valence-electron chi connectivity index (χ2n) is 10.2. The summed E-state index contributed by atoms with van der Waals surface area (Å²) in [7, 11) is 1.59. The van der Waals surface area contributed by atoms with Gasteiger partial charge in [-0.25, -0.2) is 4.39 Å². The van der Waals surface area contributed by atoms with Crippen LogP contribution in [0.5, 0.6) is 5.75 Å². The molecule has 0 unspecified atom stereocenters. The van der Waals surface area contributed by atoms with Crippen molar-refractivity contribution in [3.63, 3.8) is 0 Å². The standard InChI is InChI=1S/C32H34FN3O3/c1-39-25-17-15-22(16-18-25)21-36(30(37)19-23-20-34-29-14-8-6-11-26(23)29)31(27-12-5-7-13-28(27)33)32(38)35-24-9-3-2-4-10-24/h5-8,11-18,20,24,31,34H,2-4,9-10,19,21H2,1H3,(H,35,38)/t31-/m1/s1. The maximum absolute atomic E-state index is 15.3. The first-order valence-corrected chi connectivity index (χ1v) is 13.6. The van der Waals surface area contributed by atoms with Crippen molar-refractivity contribution in [3.8, 4) is 5.75 Å². The number of ether oxygens (including phenoxy) is 1. The minimum absolute atomic E-state index is 0.0204. The van der Waals surface area contributed by atoms with Gasteiger partial charge in [0.15, 0.2) is 0 Å². The fourth-order valence-electron chi connectivity index (χ4n) is 5.47. The van der Waals surface area contributed by atoms with Gasteiger partial charge in [-0.05, 0) is 48.2 Å². The summed E-state index contributed by atoms with van der Waals surface area (Å²) in [5.74, 6) is -0.438. The molecule has 0 spiro atoms. The highest BCUT2D eigenvalue weighted by atomic mass is 19.1. The molecule has 2 N–H and O–H groups in total. The molecule has 1 heterocycles. The first-order valence-electron chi connectivity index (χ1n) is 13.6. The van der Waals surface area contributed by atoms with Crippen LogP contribution >= 0.6 is 0 Å². The summed E-state index contributed by atoms with van der Waals surface area (Å²) in [6.07, 6.45) is 6.91. The number of para-hydroxylation sites is 1. The van der Waals surface area contributed by atoms with E-state index in [-0.39, 0.29) is 36.4 Å². The summed E-state index contributed by atoms with van der Waals surface area (Å²) in [4.78, 5) is 32.7. The van der Waals surface area contributed by atoms with Gasteiger partial charge in [0.25, 0.3) is 0 Å². The second kappa shape index (κ2) is 12.2. The number of halogens is 1. The topological polar surface area (TPSA) is 74.4 Å². The van der Waals surface area contributed by atoms with Crippen LogP contribution in [0.25, 0.3) is 10.9 Å². The molecule has 1 atom stereocenters.